The van der Waals surface area contributed by atoms with Gasteiger partial charge in [0, 0.05) is 0 Å². The standard InChI is InChI=1S/C10H10O3/c1-7(11)10(8(2)12)6-9-4-3-5-13-9/h3-6H,1-2H3. The molecule has 0 spiro atoms. The van der Waals surface area contributed by atoms with Crippen molar-refractivity contribution in [3.05, 3.63) is 29.7 Å². The summed E-state index contributed by atoms with van der Waals surface area (Å²) in [6.07, 6.45) is 2.94. The molecule has 13 heavy (non-hydrogen) atoms. The van der Waals surface area contributed by atoms with Gasteiger partial charge in [-0.15, -0.1) is 0 Å². The summed E-state index contributed by atoms with van der Waals surface area (Å²) in [4.78, 5) is 22.0. The summed E-state index contributed by atoms with van der Waals surface area (Å²) >= 11 is 0. The normalized spacial score (nSPS) is 9.38. The molecule has 0 saturated carbocycles. The van der Waals surface area contributed by atoms with Gasteiger partial charge in [-0.1, -0.05) is 0 Å². The molecule has 1 heterocycles. The molecule has 0 unspecified atom stereocenters. The highest BCUT2D eigenvalue weighted by atomic mass is 16.3. The van der Waals surface area contributed by atoms with Crippen LogP contribution in [0.25, 0.3) is 6.08 Å². The molecule has 0 bridgehead atoms. The van der Waals surface area contributed by atoms with Crippen molar-refractivity contribution in [2.75, 3.05) is 0 Å². The highest BCUT2D eigenvalue weighted by Crippen LogP contribution is 2.08. The largest absolute Gasteiger partial charge is 0.465 e. The Labute approximate surface area is 76.0 Å². The number of Topliss-reactive ketones (excluding diaryl/α,β-unsaturated/α-hetero) is 2. The van der Waals surface area contributed by atoms with Crippen molar-refractivity contribution < 1.29 is 14.0 Å². The van der Waals surface area contributed by atoms with Crippen molar-refractivity contribution >= 4 is 17.6 Å². The van der Waals surface area contributed by atoms with Gasteiger partial charge in [0.15, 0.2) is 11.6 Å². The van der Waals surface area contributed by atoms with E-state index in [1.165, 1.54) is 26.2 Å². The Morgan fingerprint density at radius 3 is 2.31 bits per heavy atom. The van der Waals surface area contributed by atoms with Crippen LogP contribution in [-0.4, -0.2) is 11.6 Å². The Balaban J connectivity index is 3.01. The molecule has 0 aliphatic carbocycles. The first-order chi connectivity index (χ1) is 6.11. The summed E-state index contributed by atoms with van der Waals surface area (Å²) < 4.78 is 4.98. The van der Waals surface area contributed by atoms with Crippen LogP contribution in [0.15, 0.2) is 28.4 Å². The summed E-state index contributed by atoms with van der Waals surface area (Å²) in [6.45, 7) is 2.71. The van der Waals surface area contributed by atoms with E-state index in [1.54, 1.807) is 12.1 Å². The molecule has 1 rings (SSSR count). The van der Waals surface area contributed by atoms with E-state index in [2.05, 4.69) is 0 Å². The Kier molecular flexibility index (Phi) is 2.80. The molecule has 0 N–H and O–H groups in total. The maximum Gasteiger partial charge on any atom is 0.163 e. The fourth-order valence-corrected chi connectivity index (χ4v) is 0.967. The number of rotatable bonds is 3. The van der Waals surface area contributed by atoms with E-state index in [0.717, 1.165) is 0 Å². The molecule has 0 fully saturated rings. The first-order valence-corrected chi connectivity index (χ1v) is 3.88. The smallest absolute Gasteiger partial charge is 0.163 e. The van der Waals surface area contributed by atoms with Gasteiger partial charge in [-0.2, -0.15) is 0 Å². The summed E-state index contributed by atoms with van der Waals surface area (Å²) in [7, 11) is 0. The van der Waals surface area contributed by atoms with Gasteiger partial charge >= 0.3 is 0 Å². The van der Waals surface area contributed by atoms with E-state index in [1.807, 2.05) is 0 Å². The van der Waals surface area contributed by atoms with E-state index in [9.17, 15) is 9.59 Å². The van der Waals surface area contributed by atoms with Crippen LogP contribution in [-0.2, 0) is 9.59 Å². The molecule has 0 atom stereocenters. The molecular formula is C10H10O3. The maximum absolute atomic E-state index is 11.0. The van der Waals surface area contributed by atoms with E-state index >= 15 is 0 Å². The predicted octanol–water partition coefficient (Wildman–Crippen LogP) is 1.84. The highest BCUT2D eigenvalue weighted by molar-refractivity contribution is 6.21. The molecule has 1 aromatic heterocycles. The molecule has 0 aliphatic heterocycles. The van der Waals surface area contributed by atoms with Gasteiger partial charge in [-0.3, -0.25) is 9.59 Å². The van der Waals surface area contributed by atoms with Crippen molar-refractivity contribution in [3.8, 4) is 0 Å². The molecule has 68 valence electrons. The molecule has 0 radical (unpaired) electrons. The van der Waals surface area contributed by atoms with E-state index in [-0.39, 0.29) is 17.1 Å². The van der Waals surface area contributed by atoms with Gasteiger partial charge < -0.3 is 4.42 Å². The van der Waals surface area contributed by atoms with Crippen LogP contribution in [0.4, 0.5) is 0 Å². The average Bonchev–Trinajstić information content (AvgIpc) is 2.50. The maximum atomic E-state index is 11.0. The van der Waals surface area contributed by atoms with Crippen molar-refractivity contribution in [3.63, 3.8) is 0 Å². The Morgan fingerprint density at radius 1 is 1.31 bits per heavy atom. The fraction of sp³-hybridized carbons (Fsp3) is 0.200. The van der Waals surface area contributed by atoms with Gasteiger partial charge in [0.05, 0.1) is 11.8 Å². The van der Waals surface area contributed by atoms with Crippen LogP contribution in [0.1, 0.15) is 19.6 Å². The second-order valence-corrected chi connectivity index (χ2v) is 2.69. The number of allylic oxidation sites excluding steroid dienone is 1. The lowest BCUT2D eigenvalue weighted by atomic mass is 10.1. The zero-order valence-corrected chi connectivity index (χ0v) is 7.53. The van der Waals surface area contributed by atoms with Crippen molar-refractivity contribution in [2.24, 2.45) is 0 Å². The van der Waals surface area contributed by atoms with Gasteiger partial charge in [-0.25, -0.2) is 0 Å². The number of hydrogen-bond acceptors (Lipinski definition) is 3. The molecule has 0 amide bonds. The number of carbonyl (C=O) groups is 2. The summed E-state index contributed by atoms with van der Waals surface area (Å²) in [6, 6.07) is 3.38. The first kappa shape index (κ1) is 9.45. The third-order valence-electron chi connectivity index (χ3n) is 1.59. The monoisotopic (exact) mass is 178 g/mol. The lowest BCUT2D eigenvalue weighted by molar-refractivity contribution is -0.119. The average molecular weight is 178 g/mol. The van der Waals surface area contributed by atoms with E-state index in [4.69, 9.17) is 4.42 Å². The van der Waals surface area contributed by atoms with Gasteiger partial charge in [0.1, 0.15) is 5.76 Å². The molecule has 3 nitrogen and oxygen atoms in total. The van der Waals surface area contributed by atoms with Gasteiger partial charge in [-0.05, 0) is 32.1 Å². The third-order valence-corrected chi connectivity index (χ3v) is 1.59. The van der Waals surface area contributed by atoms with Crippen LogP contribution in [0.2, 0.25) is 0 Å². The van der Waals surface area contributed by atoms with Crippen molar-refractivity contribution in [2.45, 2.75) is 13.8 Å². The quantitative estimate of drug-likeness (QED) is 0.403. The lowest BCUT2D eigenvalue weighted by Gasteiger charge is -1.95. The molecule has 0 saturated heterocycles. The zero-order valence-electron chi connectivity index (χ0n) is 7.53. The molecular weight excluding hydrogens is 168 g/mol. The number of hydrogen-bond donors (Lipinski definition) is 0. The van der Waals surface area contributed by atoms with Crippen molar-refractivity contribution in [1.29, 1.82) is 0 Å². The minimum Gasteiger partial charge on any atom is -0.465 e. The second-order valence-electron chi connectivity index (χ2n) is 2.69. The van der Waals surface area contributed by atoms with Crippen LogP contribution in [0.5, 0.6) is 0 Å². The molecule has 0 aromatic carbocycles. The summed E-state index contributed by atoms with van der Waals surface area (Å²) in [5, 5.41) is 0. The van der Waals surface area contributed by atoms with Gasteiger partial charge in [0.2, 0.25) is 0 Å². The molecule has 0 aliphatic rings. The summed E-state index contributed by atoms with van der Waals surface area (Å²) in [5.41, 5.74) is 0.162. The van der Waals surface area contributed by atoms with E-state index in [0.29, 0.717) is 5.76 Å². The third kappa shape index (κ3) is 2.40. The Hall–Kier alpha value is -1.64. The lowest BCUT2D eigenvalue weighted by Crippen LogP contribution is -2.05. The molecule has 3 heteroatoms. The van der Waals surface area contributed by atoms with Crippen LogP contribution in [0, 0.1) is 0 Å². The second kappa shape index (κ2) is 3.85. The highest BCUT2D eigenvalue weighted by Gasteiger charge is 2.09. The number of carbonyl (C=O) groups excluding carboxylic acids is 2. The summed E-state index contributed by atoms with van der Waals surface area (Å²) in [5.74, 6) is 0.0215. The number of furan rings is 1. The Bertz CT molecular complexity index is 328. The zero-order chi connectivity index (χ0) is 9.84. The van der Waals surface area contributed by atoms with Crippen LogP contribution in [0.3, 0.4) is 0 Å². The topological polar surface area (TPSA) is 47.3 Å². The van der Waals surface area contributed by atoms with Crippen LogP contribution >= 0.6 is 0 Å². The Morgan fingerprint density at radius 2 is 1.92 bits per heavy atom. The van der Waals surface area contributed by atoms with Crippen LogP contribution < -0.4 is 0 Å². The SMILES string of the molecule is CC(=O)C(=Cc1ccco1)C(C)=O. The molecule has 1 aromatic rings. The predicted molar refractivity (Wildman–Crippen MR) is 48.0 cm³/mol. The first-order valence-electron chi connectivity index (χ1n) is 3.88. The minimum absolute atomic E-state index is 0.162. The number of ketones is 2. The van der Waals surface area contributed by atoms with Crippen molar-refractivity contribution in [1.82, 2.24) is 0 Å². The minimum atomic E-state index is -0.246. The van der Waals surface area contributed by atoms with E-state index < -0.39 is 0 Å². The van der Waals surface area contributed by atoms with Gasteiger partial charge in [0.25, 0.3) is 0 Å². The fourth-order valence-electron chi connectivity index (χ4n) is 0.967.